The van der Waals surface area contributed by atoms with E-state index in [1.54, 1.807) is 67.0 Å². The average Bonchev–Trinajstić information content (AvgIpc) is 3.56. The van der Waals surface area contributed by atoms with E-state index in [0.29, 0.717) is 38.2 Å². The third-order valence-electron chi connectivity index (χ3n) is 11.2. The fraction of sp³-hybridized carbons (Fsp3) is 0.0877. The molecule has 21 heteroatoms. The largest absolute Gasteiger partial charge is 0.488 e. The van der Waals surface area contributed by atoms with Crippen molar-refractivity contribution < 1.29 is 56.6 Å². The van der Waals surface area contributed by atoms with Crippen molar-refractivity contribution in [1.82, 2.24) is 20.2 Å². The number of fused-ring (bicyclic) bond motifs is 1. The molecule has 0 unspecified atom stereocenters. The molecule has 3 heterocycles. The number of nitrogens with two attached hydrogens (primary N) is 1. The molecule has 5 N–H and O–H groups in total. The van der Waals surface area contributed by atoms with E-state index in [9.17, 15) is 27.6 Å². The number of ether oxygens (including phenoxy) is 4. The smallest absolute Gasteiger partial charge is 0.465 e. The van der Waals surface area contributed by atoms with Gasteiger partial charge in [-0.3, -0.25) is 9.97 Å². The molecule has 9 rings (SSSR count). The molecule has 0 aliphatic carbocycles. The van der Waals surface area contributed by atoms with Crippen LogP contribution in [0.25, 0.3) is 44.3 Å². The van der Waals surface area contributed by atoms with Crippen LogP contribution in [-0.4, -0.2) is 98.1 Å². The number of carbonyl (C=O) groups excluding carboxylic acids is 4. The third kappa shape index (κ3) is 15.2. The lowest BCUT2D eigenvalue weighted by Gasteiger charge is -2.15. The summed E-state index contributed by atoms with van der Waals surface area (Å²) in [6, 6.07) is 51.0. The van der Waals surface area contributed by atoms with Gasteiger partial charge in [-0.05, 0) is 86.7 Å². The van der Waals surface area contributed by atoms with Crippen molar-refractivity contribution in [2.75, 3.05) is 33.8 Å². The number of sulfonamides is 1. The molecule has 396 valence electrons. The number of aromatic nitrogens is 4. The number of pyridine rings is 2. The SMILES string of the molecule is COC(=O)c1cccc(-c2ccccc2)c1C(=O)OC.COC(=O)c1cccc(I)c1C(=O)OC.NS(=O)(=O)c1cncc(-c2nnc(NCc3ccccn3)c3c(-c4ccccc4)cccc23)c1.OB(O)c1ccccc1. The van der Waals surface area contributed by atoms with Gasteiger partial charge in [0.15, 0.2) is 5.82 Å². The van der Waals surface area contributed by atoms with Crippen LogP contribution in [0.3, 0.4) is 0 Å². The van der Waals surface area contributed by atoms with Crippen molar-refractivity contribution in [3.8, 4) is 33.5 Å². The first-order valence-corrected chi connectivity index (χ1v) is 25.9. The number of nitrogens with zero attached hydrogens (tertiary/aromatic N) is 4. The zero-order valence-electron chi connectivity index (χ0n) is 42.3. The van der Waals surface area contributed by atoms with Gasteiger partial charge in [-0.15, -0.1) is 10.2 Å². The van der Waals surface area contributed by atoms with Crippen LogP contribution in [0, 0.1) is 3.57 Å². The summed E-state index contributed by atoms with van der Waals surface area (Å²) < 4.78 is 43.1. The van der Waals surface area contributed by atoms with Crippen LogP contribution in [-0.2, 0) is 35.5 Å². The zero-order valence-corrected chi connectivity index (χ0v) is 45.3. The number of hydrogen-bond donors (Lipinski definition) is 4. The number of rotatable bonds is 12. The average molecular weight is 1180 g/mol. The van der Waals surface area contributed by atoms with Crippen LogP contribution < -0.4 is 15.9 Å². The van der Waals surface area contributed by atoms with Crippen LogP contribution in [0.1, 0.15) is 47.1 Å². The molecular formula is C57H50BIN6O12S. The minimum atomic E-state index is -3.92. The monoisotopic (exact) mass is 1180 g/mol. The normalized spacial score (nSPS) is 10.4. The Balaban J connectivity index is 0.000000189. The van der Waals surface area contributed by atoms with Crippen LogP contribution in [0.2, 0.25) is 0 Å². The molecule has 18 nitrogen and oxygen atoms in total. The second-order valence-electron chi connectivity index (χ2n) is 16.1. The lowest BCUT2D eigenvalue weighted by molar-refractivity contribution is 0.0554. The molecule has 0 radical (unpaired) electrons. The van der Waals surface area contributed by atoms with E-state index in [-0.39, 0.29) is 27.1 Å². The summed E-state index contributed by atoms with van der Waals surface area (Å²) in [6.45, 7) is 0.468. The van der Waals surface area contributed by atoms with E-state index >= 15 is 0 Å². The lowest BCUT2D eigenvalue weighted by atomic mass is 9.81. The predicted molar refractivity (Wildman–Crippen MR) is 304 cm³/mol. The van der Waals surface area contributed by atoms with E-state index in [1.165, 1.54) is 46.8 Å². The molecule has 0 saturated carbocycles. The van der Waals surface area contributed by atoms with E-state index in [2.05, 4.69) is 35.0 Å². The van der Waals surface area contributed by atoms with Crippen molar-refractivity contribution in [2.24, 2.45) is 5.14 Å². The Hall–Kier alpha value is -8.74. The van der Waals surface area contributed by atoms with E-state index in [4.69, 9.17) is 24.7 Å². The quantitative estimate of drug-likeness (QED) is 0.0389. The highest BCUT2D eigenvalue weighted by atomic mass is 127. The van der Waals surface area contributed by atoms with Gasteiger partial charge in [0.2, 0.25) is 10.0 Å². The summed E-state index contributed by atoms with van der Waals surface area (Å²) in [5.41, 5.74) is 6.73. The Labute approximate surface area is 463 Å². The number of primary sulfonamides is 1. The molecule has 9 aromatic rings. The second-order valence-corrected chi connectivity index (χ2v) is 18.9. The summed E-state index contributed by atoms with van der Waals surface area (Å²) in [6.07, 6.45) is 4.51. The van der Waals surface area contributed by atoms with Gasteiger partial charge >= 0.3 is 31.0 Å². The van der Waals surface area contributed by atoms with Crippen molar-refractivity contribution in [3.05, 3.63) is 220 Å². The highest BCUT2D eigenvalue weighted by Gasteiger charge is 2.24. The molecule has 0 aliphatic rings. The van der Waals surface area contributed by atoms with Crippen LogP contribution >= 0.6 is 22.6 Å². The molecule has 0 amide bonds. The maximum atomic E-state index is 12.0. The lowest BCUT2D eigenvalue weighted by Crippen LogP contribution is -2.29. The third-order valence-corrected chi connectivity index (χ3v) is 13.0. The highest BCUT2D eigenvalue weighted by Crippen LogP contribution is 2.37. The molecule has 3 aromatic heterocycles. The number of anilines is 1. The van der Waals surface area contributed by atoms with Gasteiger partial charge in [0.1, 0.15) is 10.6 Å². The molecule has 78 heavy (non-hydrogen) atoms. The fourth-order valence-corrected chi connectivity index (χ4v) is 8.75. The van der Waals surface area contributed by atoms with Gasteiger partial charge < -0.3 is 34.3 Å². The van der Waals surface area contributed by atoms with E-state index in [1.807, 2.05) is 126 Å². The molecule has 0 fully saturated rings. The topological polar surface area (TPSA) is 269 Å². The number of benzene rings is 6. The number of methoxy groups -OCH3 is 4. The number of nitrogens with one attached hydrogen (secondary N) is 1. The molecule has 0 spiro atoms. The zero-order chi connectivity index (χ0) is 56.2. The molecule has 0 saturated heterocycles. The minimum Gasteiger partial charge on any atom is -0.465 e. The maximum Gasteiger partial charge on any atom is 0.488 e. The van der Waals surface area contributed by atoms with Crippen molar-refractivity contribution in [1.29, 1.82) is 0 Å². The Morgan fingerprint density at radius 1 is 0.590 bits per heavy atom. The van der Waals surface area contributed by atoms with Gasteiger partial charge in [-0.2, -0.15) is 0 Å². The number of carbonyl (C=O) groups is 4. The van der Waals surface area contributed by atoms with Crippen molar-refractivity contribution >= 4 is 85.7 Å². The molecule has 6 aromatic carbocycles. The summed E-state index contributed by atoms with van der Waals surface area (Å²) >= 11 is 1.97. The van der Waals surface area contributed by atoms with E-state index in [0.717, 1.165) is 33.2 Å². The summed E-state index contributed by atoms with van der Waals surface area (Å²) in [4.78, 5) is 55.0. The first-order chi connectivity index (χ1) is 37.6. The van der Waals surface area contributed by atoms with Gasteiger partial charge in [0, 0.05) is 38.5 Å². The van der Waals surface area contributed by atoms with Gasteiger partial charge in [-0.25, -0.2) is 32.7 Å². The minimum absolute atomic E-state index is 0.0866. The molecule has 0 aliphatic heterocycles. The highest BCUT2D eigenvalue weighted by molar-refractivity contribution is 14.1. The Morgan fingerprint density at radius 3 is 1.67 bits per heavy atom. The van der Waals surface area contributed by atoms with Gasteiger partial charge in [0.05, 0.1) is 62.9 Å². The summed E-state index contributed by atoms with van der Waals surface area (Å²) in [5.74, 6) is -1.62. The Kier molecular flexibility index (Phi) is 21.3. The van der Waals surface area contributed by atoms with Crippen LogP contribution in [0.15, 0.2) is 193 Å². The van der Waals surface area contributed by atoms with E-state index < -0.39 is 41.0 Å². The van der Waals surface area contributed by atoms with Crippen LogP contribution in [0.4, 0.5) is 5.82 Å². The summed E-state index contributed by atoms with van der Waals surface area (Å²) in [7, 11) is -0.160. The summed E-state index contributed by atoms with van der Waals surface area (Å²) in [5, 5.41) is 36.4. The number of halogens is 1. The first-order valence-electron chi connectivity index (χ1n) is 23.3. The molecular weight excluding hydrogens is 1130 g/mol. The molecule has 0 atom stereocenters. The number of hydrogen-bond acceptors (Lipinski definition) is 17. The van der Waals surface area contributed by atoms with Crippen molar-refractivity contribution in [2.45, 2.75) is 11.4 Å². The number of esters is 4. The first kappa shape index (κ1) is 58.5. The fourth-order valence-electron chi connectivity index (χ4n) is 7.54. The predicted octanol–water partition coefficient (Wildman–Crippen LogP) is 8.17. The van der Waals surface area contributed by atoms with Gasteiger partial charge in [-0.1, -0.05) is 133 Å². The second kappa shape index (κ2) is 28.4. The van der Waals surface area contributed by atoms with Gasteiger partial charge in [0.25, 0.3) is 0 Å². The Morgan fingerprint density at radius 2 is 1.12 bits per heavy atom. The molecule has 0 bridgehead atoms. The van der Waals surface area contributed by atoms with Crippen LogP contribution in [0.5, 0.6) is 0 Å². The standard InChI is InChI=1S/C25H20N6O2S.C16H14O4.C10H9IO4.C6H7BO2/c26-34(32,33)20-13-18(14-27-16-20)24-22-11-6-10-21(17-7-2-1-3-8-17)23(22)25(31-30-24)29-15-19-9-4-5-12-28-19;1-19-15(17)13-10-6-9-12(14(13)16(18)20-2)11-7-4-3-5-8-11;1-14-9(12)6-4-3-5-7(11)8(6)10(13)15-2;8-7(9)6-4-2-1-3-5-6/h1-14,16H,15H2,(H,29,31)(H2,26,32,33);3-10H,1-2H3;3-5H,1-2H3;1-5,8-9H. The maximum absolute atomic E-state index is 12.0. The Bertz CT molecular complexity index is 3630. The van der Waals surface area contributed by atoms with Crippen molar-refractivity contribution in [3.63, 3.8) is 0 Å².